The van der Waals surface area contributed by atoms with Crippen molar-refractivity contribution in [3.8, 4) is 0 Å². The van der Waals surface area contributed by atoms with Gasteiger partial charge in [-0.1, -0.05) is 18.2 Å². The molecule has 1 aromatic carbocycles. The van der Waals surface area contributed by atoms with Crippen molar-refractivity contribution >= 4 is 29.9 Å². The molecule has 2 rings (SSSR count). The van der Waals surface area contributed by atoms with Crippen LogP contribution in [0.1, 0.15) is 30.9 Å². The van der Waals surface area contributed by atoms with Crippen molar-refractivity contribution in [3.05, 3.63) is 29.3 Å². The van der Waals surface area contributed by atoms with Gasteiger partial charge in [-0.25, -0.2) is 0 Å². The van der Waals surface area contributed by atoms with Gasteiger partial charge in [-0.3, -0.25) is 9.59 Å². The Kier molecular flexibility index (Phi) is 7.70. The molecule has 1 aliphatic heterocycles. The Balaban J connectivity index is 0.00000288. The van der Waals surface area contributed by atoms with Crippen molar-refractivity contribution in [2.24, 2.45) is 5.92 Å². The fourth-order valence-electron chi connectivity index (χ4n) is 3.15. The van der Waals surface area contributed by atoms with Crippen LogP contribution < -0.4 is 10.6 Å². The third-order valence-corrected chi connectivity index (χ3v) is 4.48. The van der Waals surface area contributed by atoms with E-state index in [0.717, 1.165) is 36.2 Å². The first-order chi connectivity index (χ1) is 10.9. The number of likely N-dealkylation sites (N-methyl/N-ethyl adjacent to an activating group) is 1. The lowest BCUT2D eigenvalue weighted by Gasteiger charge is -2.30. The molecule has 2 N–H and O–H groups in total. The number of halogens is 1. The molecule has 0 aliphatic carbocycles. The minimum absolute atomic E-state index is 0. The average molecular weight is 354 g/mol. The second kappa shape index (κ2) is 9.04. The molecule has 0 saturated carbocycles. The van der Waals surface area contributed by atoms with Crippen molar-refractivity contribution < 1.29 is 9.59 Å². The first-order valence-electron chi connectivity index (χ1n) is 8.23. The molecule has 24 heavy (non-hydrogen) atoms. The number of benzene rings is 1. The largest absolute Gasteiger partial charge is 0.336 e. The predicted molar refractivity (Wildman–Crippen MR) is 99.6 cm³/mol. The lowest BCUT2D eigenvalue weighted by molar-refractivity contribution is -0.137. The fraction of sp³-hybridized carbons (Fsp3) is 0.556. The van der Waals surface area contributed by atoms with E-state index in [1.807, 2.05) is 32.0 Å². The van der Waals surface area contributed by atoms with E-state index in [1.54, 1.807) is 11.9 Å². The highest BCUT2D eigenvalue weighted by Crippen LogP contribution is 2.20. The first-order valence-corrected chi connectivity index (χ1v) is 8.23. The molecule has 5 nitrogen and oxygen atoms in total. The second-order valence-corrected chi connectivity index (χ2v) is 6.59. The number of carbonyl (C=O) groups is 2. The number of anilines is 1. The molecule has 0 spiro atoms. The molecule has 1 heterocycles. The number of amides is 2. The molecule has 1 aliphatic rings. The summed E-state index contributed by atoms with van der Waals surface area (Å²) in [6.45, 7) is 6.97. The summed E-state index contributed by atoms with van der Waals surface area (Å²) in [6, 6.07) is 6.25. The van der Waals surface area contributed by atoms with E-state index in [0.29, 0.717) is 6.04 Å². The molecular weight excluding hydrogens is 326 g/mol. The van der Waals surface area contributed by atoms with Crippen LogP contribution in [0.4, 0.5) is 5.69 Å². The van der Waals surface area contributed by atoms with Gasteiger partial charge < -0.3 is 15.5 Å². The second-order valence-electron chi connectivity index (χ2n) is 6.59. The van der Waals surface area contributed by atoms with E-state index in [2.05, 4.69) is 17.6 Å². The maximum atomic E-state index is 12.5. The Bertz CT molecular complexity index is 571. The predicted octanol–water partition coefficient (Wildman–Crippen LogP) is 2.51. The van der Waals surface area contributed by atoms with Gasteiger partial charge in [-0.05, 0) is 51.3 Å². The molecule has 0 unspecified atom stereocenters. The first kappa shape index (κ1) is 20.5. The smallest absolute Gasteiger partial charge is 0.243 e. The number of piperidine rings is 1. The Labute approximate surface area is 150 Å². The van der Waals surface area contributed by atoms with Crippen molar-refractivity contribution in [2.45, 2.75) is 39.7 Å². The van der Waals surface area contributed by atoms with Crippen LogP contribution in [0.5, 0.6) is 0 Å². The summed E-state index contributed by atoms with van der Waals surface area (Å²) in [5.41, 5.74) is 2.90. The molecule has 0 bridgehead atoms. The van der Waals surface area contributed by atoms with E-state index in [9.17, 15) is 9.59 Å². The van der Waals surface area contributed by atoms with Gasteiger partial charge in [-0.2, -0.15) is 0 Å². The van der Waals surface area contributed by atoms with Crippen molar-refractivity contribution in [2.75, 3.05) is 25.5 Å². The summed E-state index contributed by atoms with van der Waals surface area (Å²) >= 11 is 0. The zero-order valence-corrected chi connectivity index (χ0v) is 15.7. The van der Waals surface area contributed by atoms with Gasteiger partial charge in [0.05, 0.1) is 6.54 Å². The monoisotopic (exact) mass is 353 g/mol. The minimum Gasteiger partial charge on any atom is -0.336 e. The third kappa shape index (κ3) is 5.21. The molecule has 1 aromatic rings. The summed E-state index contributed by atoms with van der Waals surface area (Å²) in [6.07, 6.45) is 1.67. The van der Waals surface area contributed by atoms with Crippen molar-refractivity contribution in [1.29, 1.82) is 0 Å². The number of carbonyl (C=O) groups excluding carboxylic acids is 2. The molecule has 2 amide bonds. The standard InChI is InChI=1S/C18H27N3O2.ClH/c1-12-6-5-7-13(2)17(12)20-16(22)11-21(4)18(23)15-8-9-19-14(3)10-15;/h5-7,14-15,19H,8-11H2,1-4H3,(H,20,22);1H/t14-,15-;/m0./s1. The minimum atomic E-state index is -0.153. The van der Waals surface area contributed by atoms with Gasteiger partial charge >= 0.3 is 0 Å². The Morgan fingerprint density at radius 3 is 2.50 bits per heavy atom. The summed E-state index contributed by atoms with van der Waals surface area (Å²) in [7, 11) is 1.71. The quantitative estimate of drug-likeness (QED) is 0.874. The van der Waals surface area contributed by atoms with E-state index in [4.69, 9.17) is 0 Å². The highest BCUT2D eigenvalue weighted by molar-refractivity contribution is 5.96. The molecule has 2 atom stereocenters. The summed E-state index contributed by atoms with van der Waals surface area (Å²) < 4.78 is 0. The Morgan fingerprint density at radius 1 is 1.29 bits per heavy atom. The Hall–Kier alpha value is -1.59. The summed E-state index contributed by atoms with van der Waals surface area (Å²) in [4.78, 5) is 26.3. The molecule has 0 radical (unpaired) electrons. The molecule has 6 heteroatoms. The third-order valence-electron chi connectivity index (χ3n) is 4.48. The zero-order valence-electron chi connectivity index (χ0n) is 14.9. The molecule has 0 aromatic heterocycles. The van der Waals surface area contributed by atoms with E-state index < -0.39 is 0 Å². The lowest BCUT2D eigenvalue weighted by atomic mass is 9.92. The van der Waals surface area contributed by atoms with E-state index in [-0.39, 0.29) is 36.7 Å². The molecular formula is C18H28ClN3O2. The number of aryl methyl sites for hydroxylation is 2. The van der Waals surface area contributed by atoms with Gasteiger partial charge in [-0.15, -0.1) is 12.4 Å². The van der Waals surface area contributed by atoms with Crippen LogP contribution in [0.2, 0.25) is 0 Å². The van der Waals surface area contributed by atoms with Crippen LogP contribution in [-0.2, 0) is 9.59 Å². The number of rotatable bonds is 4. The highest BCUT2D eigenvalue weighted by atomic mass is 35.5. The summed E-state index contributed by atoms with van der Waals surface area (Å²) in [5.74, 6) is -0.0699. The maximum absolute atomic E-state index is 12.5. The van der Waals surface area contributed by atoms with Gasteiger partial charge in [0.25, 0.3) is 0 Å². The van der Waals surface area contributed by atoms with Gasteiger partial charge in [0.15, 0.2) is 0 Å². The van der Waals surface area contributed by atoms with E-state index in [1.165, 1.54) is 0 Å². The SMILES string of the molecule is Cc1cccc(C)c1NC(=O)CN(C)C(=O)[C@H]1CCN[C@@H](C)C1.Cl. The lowest BCUT2D eigenvalue weighted by Crippen LogP contribution is -2.44. The van der Waals surface area contributed by atoms with Crippen LogP contribution in [0, 0.1) is 19.8 Å². The highest BCUT2D eigenvalue weighted by Gasteiger charge is 2.27. The Morgan fingerprint density at radius 2 is 1.92 bits per heavy atom. The number of nitrogens with one attached hydrogen (secondary N) is 2. The maximum Gasteiger partial charge on any atom is 0.243 e. The number of hydrogen-bond acceptors (Lipinski definition) is 3. The van der Waals surface area contributed by atoms with Gasteiger partial charge in [0.2, 0.25) is 11.8 Å². The van der Waals surface area contributed by atoms with Crippen LogP contribution in [0.25, 0.3) is 0 Å². The summed E-state index contributed by atoms with van der Waals surface area (Å²) in [5, 5.41) is 6.27. The van der Waals surface area contributed by atoms with Crippen LogP contribution in [0.15, 0.2) is 18.2 Å². The molecule has 1 saturated heterocycles. The van der Waals surface area contributed by atoms with Crippen LogP contribution >= 0.6 is 12.4 Å². The van der Waals surface area contributed by atoms with Gasteiger partial charge in [0.1, 0.15) is 0 Å². The molecule has 1 fully saturated rings. The van der Waals surface area contributed by atoms with E-state index >= 15 is 0 Å². The van der Waals surface area contributed by atoms with Gasteiger partial charge in [0, 0.05) is 24.7 Å². The van der Waals surface area contributed by atoms with Crippen molar-refractivity contribution in [1.82, 2.24) is 10.2 Å². The number of hydrogen-bond donors (Lipinski definition) is 2. The topological polar surface area (TPSA) is 61.4 Å². The van der Waals surface area contributed by atoms with Crippen LogP contribution in [-0.4, -0.2) is 42.9 Å². The number of nitrogens with zero attached hydrogens (tertiary/aromatic N) is 1. The number of para-hydroxylation sites is 1. The normalized spacial score (nSPS) is 20.0. The van der Waals surface area contributed by atoms with Crippen molar-refractivity contribution in [3.63, 3.8) is 0 Å². The zero-order chi connectivity index (χ0) is 17.0. The fourth-order valence-corrected chi connectivity index (χ4v) is 3.15. The average Bonchev–Trinajstić information content (AvgIpc) is 2.50. The van der Waals surface area contributed by atoms with Crippen LogP contribution in [0.3, 0.4) is 0 Å². The molecule has 134 valence electrons.